The maximum Gasteiger partial charge on any atom is 0.274 e. The zero-order valence-corrected chi connectivity index (χ0v) is 16.9. The van der Waals surface area contributed by atoms with Crippen molar-refractivity contribution in [2.24, 2.45) is 13.0 Å². The van der Waals surface area contributed by atoms with Gasteiger partial charge in [-0.15, -0.1) is 0 Å². The lowest BCUT2D eigenvalue weighted by Crippen LogP contribution is -2.32. The van der Waals surface area contributed by atoms with Gasteiger partial charge in [-0.05, 0) is 49.1 Å². The molecule has 29 heavy (non-hydrogen) atoms. The van der Waals surface area contributed by atoms with E-state index in [2.05, 4.69) is 34.4 Å². The highest BCUT2D eigenvalue weighted by Gasteiger charge is 2.16. The zero-order chi connectivity index (χ0) is 20.4. The van der Waals surface area contributed by atoms with Crippen molar-refractivity contribution < 1.29 is 4.79 Å². The first kappa shape index (κ1) is 19.2. The topological polar surface area (TPSA) is 67.2 Å². The Morgan fingerprint density at radius 2 is 1.72 bits per heavy atom. The number of fused-ring (bicyclic) bond motifs is 1. The van der Waals surface area contributed by atoms with Gasteiger partial charge < -0.3 is 10.2 Å². The number of hydrogen-bond donors (Lipinski definition) is 1. The molecule has 0 spiro atoms. The van der Waals surface area contributed by atoms with Gasteiger partial charge in [0.2, 0.25) is 5.91 Å². The highest BCUT2D eigenvalue weighted by Crippen LogP contribution is 2.24. The van der Waals surface area contributed by atoms with Crippen LogP contribution in [0.3, 0.4) is 0 Å². The first-order valence-corrected chi connectivity index (χ1v) is 10.1. The molecular weight excluding hydrogens is 364 g/mol. The number of piperidine rings is 1. The summed E-state index contributed by atoms with van der Waals surface area (Å²) >= 11 is 0. The highest BCUT2D eigenvalue weighted by molar-refractivity contribution is 5.95. The van der Waals surface area contributed by atoms with E-state index in [0.717, 1.165) is 30.1 Å². The summed E-state index contributed by atoms with van der Waals surface area (Å²) in [4.78, 5) is 27.2. The van der Waals surface area contributed by atoms with E-state index in [4.69, 9.17) is 0 Å². The molecule has 2 aromatic carbocycles. The van der Waals surface area contributed by atoms with E-state index in [-0.39, 0.29) is 17.9 Å². The number of aryl methyl sites for hydroxylation is 1. The smallest absolute Gasteiger partial charge is 0.274 e. The third-order valence-corrected chi connectivity index (χ3v) is 5.66. The van der Waals surface area contributed by atoms with Gasteiger partial charge >= 0.3 is 0 Å². The maximum absolute atomic E-state index is 12.6. The molecule has 6 nitrogen and oxygen atoms in total. The minimum atomic E-state index is -0.160. The van der Waals surface area contributed by atoms with Crippen molar-refractivity contribution in [2.45, 2.75) is 26.2 Å². The van der Waals surface area contributed by atoms with Crippen molar-refractivity contribution in [3.8, 4) is 0 Å². The van der Waals surface area contributed by atoms with Crippen molar-refractivity contribution in [1.82, 2.24) is 9.78 Å². The summed E-state index contributed by atoms with van der Waals surface area (Å²) in [7, 11) is 1.61. The molecule has 1 fully saturated rings. The molecule has 0 atom stereocenters. The van der Waals surface area contributed by atoms with E-state index in [1.807, 2.05) is 30.3 Å². The minimum absolute atomic E-state index is 0.112. The number of benzene rings is 2. The SMILES string of the molecule is CC1CCN(c2ccc(NC(=O)Cc3nn(C)c(=O)c4ccccc34)cc2)CC1. The summed E-state index contributed by atoms with van der Waals surface area (Å²) in [6.45, 7) is 4.47. The standard InChI is InChI=1S/C23H26N4O2/c1-16-11-13-27(14-12-16)18-9-7-17(8-10-18)24-22(28)15-21-19-5-3-4-6-20(19)23(29)26(2)25-21/h3-10,16H,11-15H2,1-2H3,(H,24,28). The van der Waals surface area contributed by atoms with Gasteiger partial charge in [-0.3, -0.25) is 9.59 Å². The normalized spacial score (nSPS) is 14.9. The molecule has 0 radical (unpaired) electrons. The second-order valence-electron chi connectivity index (χ2n) is 7.86. The molecule has 4 rings (SSSR count). The van der Waals surface area contributed by atoms with Crippen molar-refractivity contribution in [1.29, 1.82) is 0 Å². The van der Waals surface area contributed by atoms with Crippen LogP contribution < -0.4 is 15.8 Å². The van der Waals surface area contributed by atoms with Crippen LogP contribution in [0, 0.1) is 5.92 Å². The zero-order valence-electron chi connectivity index (χ0n) is 16.9. The van der Waals surface area contributed by atoms with Gasteiger partial charge in [-0.25, -0.2) is 4.68 Å². The number of amides is 1. The Bertz CT molecular complexity index is 1080. The fourth-order valence-corrected chi connectivity index (χ4v) is 3.89. The van der Waals surface area contributed by atoms with E-state index in [9.17, 15) is 9.59 Å². The van der Waals surface area contributed by atoms with Gasteiger partial charge in [0.1, 0.15) is 0 Å². The van der Waals surface area contributed by atoms with Gasteiger partial charge in [-0.1, -0.05) is 25.1 Å². The Labute approximate surface area is 170 Å². The average molecular weight is 390 g/mol. The number of anilines is 2. The first-order chi connectivity index (χ1) is 14.0. The molecule has 1 N–H and O–H groups in total. The second-order valence-corrected chi connectivity index (χ2v) is 7.86. The van der Waals surface area contributed by atoms with Crippen molar-refractivity contribution >= 4 is 28.1 Å². The molecule has 0 saturated carbocycles. The van der Waals surface area contributed by atoms with Gasteiger partial charge in [0.05, 0.1) is 17.5 Å². The Morgan fingerprint density at radius 1 is 1.07 bits per heavy atom. The van der Waals surface area contributed by atoms with E-state index in [1.54, 1.807) is 13.1 Å². The molecule has 1 aliphatic heterocycles. The minimum Gasteiger partial charge on any atom is -0.372 e. The number of rotatable bonds is 4. The van der Waals surface area contributed by atoms with Crippen LogP contribution in [0.2, 0.25) is 0 Å². The molecule has 1 saturated heterocycles. The lowest BCUT2D eigenvalue weighted by atomic mass is 9.99. The summed E-state index contributed by atoms with van der Waals surface area (Å²) < 4.78 is 1.29. The summed E-state index contributed by atoms with van der Waals surface area (Å²) in [5.41, 5.74) is 2.39. The number of carbonyl (C=O) groups excluding carboxylic acids is 1. The van der Waals surface area contributed by atoms with Crippen LogP contribution in [0.4, 0.5) is 11.4 Å². The number of aromatic nitrogens is 2. The van der Waals surface area contributed by atoms with Gasteiger partial charge in [0.25, 0.3) is 5.56 Å². The summed E-state index contributed by atoms with van der Waals surface area (Å²) in [6, 6.07) is 15.3. The van der Waals surface area contributed by atoms with Crippen LogP contribution in [-0.4, -0.2) is 28.8 Å². The Balaban J connectivity index is 1.46. The quantitative estimate of drug-likeness (QED) is 0.742. The van der Waals surface area contributed by atoms with Crippen molar-refractivity contribution in [3.05, 3.63) is 64.6 Å². The molecule has 1 aromatic heterocycles. The van der Waals surface area contributed by atoms with E-state index >= 15 is 0 Å². The summed E-state index contributed by atoms with van der Waals surface area (Å²) in [5, 5.41) is 8.54. The van der Waals surface area contributed by atoms with Gasteiger partial charge in [-0.2, -0.15) is 5.10 Å². The van der Waals surface area contributed by atoms with Gasteiger partial charge in [0, 0.05) is 36.9 Å². The average Bonchev–Trinajstić information content (AvgIpc) is 2.73. The Kier molecular flexibility index (Phi) is 5.34. The van der Waals surface area contributed by atoms with Crippen LogP contribution >= 0.6 is 0 Å². The molecule has 3 aromatic rings. The molecule has 6 heteroatoms. The van der Waals surface area contributed by atoms with E-state index in [0.29, 0.717) is 11.1 Å². The van der Waals surface area contributed by atoms with E-state index in [1.165, 1.54) is 23.2 Å². The molecule has 1 amide bonds. The highest BCUT2D eigenvalue weighted by atomic mass is 16.1. The lowest BCUT2D eigenvalue weighted by Gasteiger charge is -2.32. The van der Waals surface area contributed by atoms with Gasteiger partial charge in [0.15, 0.2) is 0 Å². The largest absolute Gasteiger partial charge is 0.372 e. The van der Waals surface area contributed by atoms with E-state index < -0.39 is 0 Å². The molecule has 0 aliphatic carbocycles. The fourth-order valence-electron chi connectivity index (χ4n) is 3.89. The van der Waals surface area contributed by atoms with Crippen LogP contribution in [0.1, 0.15) is 25.5 Å². The number of hydrogen-bond acceptors (Lipinski definition) is 4. The number of carbonyl (C=O) groups is 1. The summed E-state index contributed by atoms with van der Waals surface area (Å²) in [5.74, 6) is 0.646. The van der Waals surface area contributed by atoms with Crippen LogP contribution in [-0.2, 0) is 18.3 Å². The lowest BCUT2D eigenvalue weighted by molar-refractivity contribution is -0.115. The molecule has 2 heterocycles. The van der Waals surface area contributed by atoms with Crippen molar-refractivity contribution in [2.75, 3.05) is 23.3 Å². The predicted octanol–water partition coefficient (Wildman–Crippen LogP) is 3.35. The molecule has 0 unspecified atom stereocenters. The van der Waals surface area contributed by atoms with Crippen LogP contribution in [0.5, 0.6) is 0 Å². The van der Waals surface area contributed by atoms with Crippen LogP contribution in [0.25, 0.3) is 10.8 Å². The predicted molar refractivity (Wildman–Crippen MR) is 116 cm³/mol. The Morgan fingerprint density at radius 3 is 2.41 bits per heavy atom. The number of nitrogens with zero attached hydrogens (tertiary/aromatic N) is 3. The number of nitrogens with one attached hydrogen (secondary N) is 1. The molecular formula is C23H26N4O2. The Hall–Kier alpha value is -3.15. The second kappa shape index (κ2) is 8.07. The molecule has 1 aliphatic rings. The molecule has 150 valence electrons. The monoisotopic (exact) mass is 390 g/mol. The third kappa shape index (κ3) is 4.16. The third-order valence-electron chi connectivity index (χ3n) is 5.66. The first-order valence-electron chi connectivity index (χ1n) is 10.1. The molecule has 0 bridgehead atoms. The maximum atomic E-state index is 12.6. The van der Waals surface area contributed by atoms with Crippen molar-refractivity contribution in [3.63, 3.8) is 0 Å². The van der Waals surface area contributed by atoms with Crippen LogP contribution in [0.15, 0.2) is 53.3 Å². The summed E-state index contributed by atoms with van der Waals surface area (Å²) in [6.07, 6.45) is 2.55. The fraction of sp³-hybridized carbons (Fsp3) is 0.348.